The smallest absolute Gasteiger partial charge is 0.407 e. The van der Waals surface area contributed by atoms with E-state index in [0.29, 0.717) is 24.5 Å². The van der Waals surface area contributed by atoms with Crippen molar-refractivity contribution in [1.82, 2.24) is 15.5 Å². The maximum atomic E-state index is 12.7. The molecule has 2 amide bonds. The number of hydrogen-bond acceptors (Lipinski definition) is 7. The standard InChI is InChI=1S/C26H28N4O4S/c1-4-21-22-8-7-18(15-33-26(32)28-14-20-11-17(3)34-30-20)12-23(22)35-25(21)29-24(31)10-16(2)19-6-5-9-27-13-19/h1,5-6,9,11,13,16,18H,7-8,10,12,14-15H2,2-3H3,(H,28,32)(H,29,31). The minimum Gasteiger partial charge on any atom is -0.449 e. The molecule has 0 aromatic carbocycles. The zero-order valence-electron chi connectivity index (χ0n) is 19.8. The molecule has 0 radical (unpaired) electrons. The molecule has 1 aliphatic carbocycles. The highest BCUT2D eigenvalue weighted by atomic mass is 32.1. The predicted molar refractivity (Wildman–Crippen MR) is 133 cm³/mol. The summed E-state index contributed by atoms with van der Waals surface area (Å²) >= 11 is 1.52. The Morgan fingerprint density at radius 2 is 2.29 bits per heavy atom. The van der Waals surface area contributed by atoms with Crippen LogP contribution in [0.25, 0.3) is 0 Å². The highest BCUT2D eigenvalue weighted by molar-refractivity contribution is 7.16. The van der Waals surface area contributed by atoms with Gasteiger partial charge in [0.25, 0.3) is 0 Å². The van der Waals surface area contributed by atoms with Gasteiger partial charge >= 0.3 is 6.09 Å². The molecule has 182 valence electrons. The van der Waals surface area contributed by atoms with Crippen molar-refractivity contribution in [2.24, 2.45) is 5.92 Å². The number of nitrogens with one attached hydrogen (secondary N) is 2. The molecule has 0 saturated heterocycles. The fourth-order valence-corrected chi connectivity index (χ4v) is 5.53. The summed E-state index contributed by atoms with van der Waals surface area (Å²) < 4.78 is 10.4. The summed E-state index contributed by atoms with van der Waals surface area (Å²) in [5.74, 6) is 3.63. The Hall–Kier alpha value is -3.64. The van der Waals surface area contributed by atoms with Gasteiger partial charge in [-0.05, 0) is 55.2 Å². The summed E-state index contributed by atoms with van der Waals surface area (Å²) in [5, 5.41) is 10.3. The Kier molecular flexibility index (Phi) is 7.83. The number of thiophene rings is 1. The fourth-order valence-electron chi connectivity index (χ4n) is 4.19. The molecule has 4 rings (SSSR count). The number of ether oxygens (including phenoxy) is 1. The second-order valence-electron chi connectivity index (χ2n) is 8.78. The minimum absolute atomic E-state index is 0.0496. The lowest BCUT2D eigenvalue weighted by molar-refractivity contribution is -0.116. The fraction of sp³-hybridized carbons (Fsp3) is 0.385. The maximum Gasteiger partial charge on any atom is 0.407 e. The number of rotatable bonds is 8. The van der Waals surface area contributed by atoms with Crippen LogP contribution in [0.4, 0.5) is 9.80 Å². The lowest BCUT2D eigenvalue weighted by Gasteiger charge is -2.22. The molecule has 3 aromatic rings. The zero-order valence-corrected chi connectivity index (χ0v) is 20.6. The molecule has 3 heterocycles. The van der Waals surface area contributed by atoms with E-state index in [9.17, 15) is 9.59 Å². The summed E-state index contributed by atoms with van der Waals surface area (Å²) in [6, 6.07) is 5.60. The van der Waals surface area contributed by atoms with Gasteiger partial charge in [0.2, 0.25) is 5.91 Å². The Bertz CT molecular complexity index is 1230. The molecule has 9 heteroatoms. The molecule has 8 nitrogen and oxygen atoms in total. The number of fused-ring (bicyclic) bond motifs is 1. The summed E-state index contributed by atoms with van der Waals surface area (Å²) in [4.78, 5) is 30.1. The number of nitrogens with zero attached hydrogens (tertiary/aromatic N) is 2. The Morgan fingerprint density at radius 1 is 1.43 bits per heavy atom. The molecule has 35 heavy (non-hydrogen) atoms. The van der Waals surface area contributed by atoms with Crippen molar-refractivity contribution < 1.29 is 18.8 Å². The quantitative estimate of drug-likeness (QED) is 0.446. The van der Waals surface area contributed by atoms with E-state index in [1.165, 1.54) is 11.3 Å². The average Bonchev–Trinajstić information content (AvgIpc) is 3.43. The molecule has 0 spiro atoms. The molecule has 3 aromatic heterocycles. The van der Waals surface area contributed by atoms with E-state index in [-0.39, 0.29) is 24.3 Å². The average molecular weight is 493 g/mol. The SMILES string of the molecule is C#Cc1c(NC(=O)CC(C)c2cccnc2)sc2c1CCC(COC(=O)NCc1cc(C)on1)C2. The first kappa shape index (κ1) is 24.5. The van der Waals surface area contributed by atoms with Gasteiger partial charge in [0.15, 0.2) is 0 Å². The molecule has 0 saturated carbocycles. The number of aryl methyl sites for hydroxylation is 1. The number of alkyl carbamates (subject to hydrolysis) is 1. The van der Waals surface area contributed by atoms with Crippen LogP contribution >= 0.6 is 11.3 Å². The van der Waals surface area contributed by atoms with Crippen LogP contribution in [0.2, 0.25) is 0 Å². The summed E-state index contributed by atoms with van der Waals surface area (Å²) in [6.07, 6.45) is 11.6. The van der Waals surface area contributed by atoms with Gasteiger partial charge in [-0.1, -0.05) is 24.1 Å². The number of anilines is 1. The molecule has 2 unspecified atom stereocenters. The minimum atomic E-state index is -0.484. The third-order valence-electron chi connectivity index (χ3n) is 6.05. The maximum absolute atomic E-state index is 12.7. The van der Waals surface area contributed by atoms with E-state index in [4.69, 9.17) is 15.7 Å². The predicted octanol–water partition coefficient (Wildman–Crippen LogP) is 4.58. The van der Waals surface area contributed by atoms with E-state index in [0.717, 1.165) is 45.8 Å². The summed E-state index contributed by atoms with van der Waals surface area (Å²) in [6.45, 7) is 4.37. The lowest BCUT2D eigenvalue weighted by atomic mass is 9.87. The third kappa shape index (κ3) is 6.28. The molecule has 2 atom stereocenters. The van der Waals surface area contributed by atoms with Gasteiger partial charge in [0.1, 0.15) is 16.5 Å². The van der Waals surface area contributed by atoms with E-state index in [1.807, 2.05) is 19.1 Å². The highest BCUT2D eigenvalue weighted by Crippen LogP contribution is 2.39. The topological polar surface area (TPSA) is 106 Å². The molecule has 2 N–H and O–H groups in total. The van der Waals surface area contributed by atoms with Crippen LogP contribution in [-0.4, -0.2) is 28.7 Å². The third-order valence-corrected chi connectivity index (χ3v) is 7.22. The van der Waals surface area contributed by atoms with E-state index >= 15 is 0 Å². The van der Waals surface area contributed by atoms with Gasteiger partial charge in [-0.3, -0.25) is 9.78 Å². The Balaban J connectivity index is 1.30. The van der Waals surface area contributed by atoms with Crippen molar-refractivity contribution >= 4 is 28.3 Å². The van der Waals surface area contributed by atoms with Crippen LogP contribution in [0.5, 0.6) is 0 Å². The number of aromatic nitrogens is 2. The zero-order chi connectivity index (χ0) is 24.8. The second-order valence-corrected chi connectivity index (χ2v) is 9.89. The van der Waals surface area contributed by atoms with Crippen molar-refractivity contribution in [2.75, 3.05) is 11.9 Å². The molecular formula is C26H28N4O4S. The van der Waals surface area contributed by atoms with E-state index < -0.39 is 6.09 Å². The van der Waals surface area contributed by atoms with Crippen LogP contribution in [-0.2, 0) is 28.9 Å². The van der Waals surface area contributed by atoms with Gasteiger partial charge in [-0.25, -0.2) is 4.79 Å². The Labute approximate surface area is 208 Å². The molecule has 0 fully saturated rings. The van der Waals surface area contributed by atoms with E-state index in [1.54, 1.807) is 25.4 Å². The van der Waals surface area contributed by atoms with Gasteiger partial charge < -0.3 is 19.9 Å². The number of terminal acetylenes is 1. The number of pyridine rings is 1. The molecular weight excluding hydrogens is 464 g/mol. The summed E-state index contributed by atoms with van der Waals surface area (Å²) in [7, 11) is 0. The van der Waals surface area contributed by atoms with Crippen LogP contribution in [0.1, 0.15) is 58.7 Å². The van der Waals surface area contributed by atoms with Crippen LogP contribution in [0, 0.1) is 25.2 Å². The number of carbonyl (C=O) groups is 2. The molecule has 0 bridgehead atoms. The lowest BCUT2D eigenvalue weighted by Crippen LogP contribution is -2.27. The van der Waals surface area contributed by atoms with Gasteiger partial charge in [0.05, 0.1) is 18.7 Å². The van der Waals surface area contributed by atoms with Crippen LogP contribution < -0.4 is 10.6 Å². The van der Waals surface area contributed by atoms with Crippen molar-refractivity contribution in [3.8, 4) is 12.3 Å². The first-order chi connectivity index (χ1) is 16.9. The molecule has 0 aliphatic heterocycles. The number of carbonyl (C=O) groups excluding carboxylic acids is 2. The first-order valence-electron chi connectivity index (χ1n) is 11.6. The van der Waals surface area contributed by atoms with Crippen molar-refractivity contribution in [3.05, 3.63) is 63.6 Å². The normalized spacial score (nSPS) is 15.5. The van der Waals surface area contributed by atoms with Crippen molar-refractivity contribution in [1.29, 1.82) is 0 Å². The van der Waals surface area contributed by atoms with Gasteiger partial charge in [-0.15, -0.1) is 17.8 Å². The van der Waals surface area contributed by atoms with Gasteiger partial charge in [0, 0.05) is 29.8 Å². The monoisotopic (exact) mass is 492 g/mol. The van der Waals surface area contributed by atoms with Crippen LogP contribution in [0.15, 0.2) is 35.1 Å². The largest absolute Gasteiger partial charge is 0.449 e. The van der Waals surface area contributed by atoms with Crippen molar-refractivity contribution in [2.45, 2.75) is 52.0 Å². The van der Waals surface area contributed by atoms with Crippen molar-refractivity contribution in [3.63, 3.8) is 0 Å². The Morgan fingerprint density at radius 3 is 3.00 bits per heavy atom. The number of hydrogen-bond donors (Lipinski definition) is 2. The van der Waals surface area contributed by atoms with E-state index in [2.05, 4.69) is 26.7 Å². The summed E-state index contributed by atoms with van der Waals surface area (Å²) in [5.41, 5.74) is 3.56. The molecule has 1 aliphatic rings. The highest BCUT2D eigenvalue weighted by Gasteiger charge is 2.27. The number of amides is 2. The first-order valence-corrected chi connectivity index (χ1v) is 12.4. The van der Waals surface area contributed by atoms with Crippen LogP contribution in [0.3, 0.4) is 0 Å². The van der Waals surface area contributed by atoms with Gasteiger partial charge in [-0.2, -0.15) is 0 Å². The second kappa shape index (κ2) is 11.2.